The largest absolute Gasteiger partial charge is 0.381 e. The predicted octanol–water partition coefficient (Wildman–Crippen LogP) is 4.67. The van der Waals surface area contributed by atoms with E-state index in [9.17, 15) is 18.3 Å². The average molecular weight is 321 g/mol. The summed E-state index contributed by atoms with van der Waals surface area (Å²) in [6.07, 6.45) is 0. The summed E-state index contributed by atoms with van der Waals surface area (Å²) in [6, 6.07) is 5.01. The molecule has 0 amide bonds. The van der Waals surface area contributed by atoms with Crippen LogP contribution in [0.25, 0.3) is 0 Å². The van der Waals surface area contributed by atoms with E-state index in [1.165, 1.54) is 13.0 Å². The molecule has 0 aliphatic heterocycles. The molecule has 0 bridgehead atoms. The van der Waals surface area contributed by atoms with E-state index in [0.717, 1.165) is 24.3 Å². The second-order valence-corrected chi connectivity index (χ2v) is 5.26. The van der Waals surface area contributed by atoms with E-state index in [4.69, 9.17) is 23.2 Å². The summed E-state index contributed by atoms with van der Waals surface area (Å²) in [4.78, 5) is 0. The van der Waals surface area contributed by atoms with Crippen molar-refractivity contribution in [2.24, 2.45) is 0 Å². The van der Waals surface area contributed by atoms with Gasteiger partial charge < -0.3 is 5.11 Å². The lowest BCUT2D eigenvalue weighted by Crippen LogP contribution is -2.24. The van der Waals surface area contributed by atoms with Crippen molar-refractivity contribution in [2.45, 2.75) is 12.5 Å². The van der Waals surface area contributed by atoms with Gasteiger partial charge in [0, 0.05) is 10.6 Å². The van der Waals surface area contributed by atoms with E-state index < -0.39 is 23.1 Å². The Hall–Kier alpha value is -1.23. The van der Waals surface area contributed by atoms with Crippen LogP contribution in [0.3, 0.4) is 0 Å². The van der Waals surface area contributed by atoms with Gasteiger partial charge in [-0.15, -0.1) is 0 Å². The fourth-order valence-corrected chi connectivity index (χ4v) is 2.42. The minimum atomic E-state index is -1.79. The van der Waals surface area contributed by atoms with Gasteiger partial charge in [-0.05, 0) is 36.8 Å². The van der Waals surface area contributed by atoms with Gasteiger partial charge in [-0.1, -0.05) is 29.3 Å². The molecule has 1 nitrogen and oxygen atoms in total. The number of hydrogen-bond donors (Lipinski definition) is 1. The van der Waals surface area contributed by atoms with Gasteiger partial charge in [-0.2, -0.15) is 0 Å². The van der Waals surface area contributed by atoms with Crippen molar-refractivity contribution < 1.29 is 18.3 Å². The van der Waals surface area contributed by atoms with Crippen LogP contribution in [0.2, 0.25) is 10.0 Å². The fraction of sp³-hybridized carbons (Fsp3) is 0.143. The molecular formula is C14H9Cl2F3O. The van der Waals surface area contributed by atoms with Crippen molar-refractivity contribution >= 4 is 23.2 Å². The molecule has 2 aromatic carbocycles. The third kappa shape index (κ3) is 2.64. The van der Waals surface area contributed by atoms with Crippen molar-refractivity contribution in [3.05, 3.63) is 69.0 Å². The molecular weight excluding hydrogens is 312 g/mol. The first-order chi connectivity index (χ1) is 9.23. The van der Waals surface area contributed by atoms with Gasteiger partial charge in [0.05, 0.1) is 5.02 Å². The van der Waals surface area contributed by atoms with Crippen molar-refractivity contribution in [2.75, 3.05) is 0 Å². The number of aliphatic hydroxyl groups is 1. The van der Waals surface area contributed by atoms with Gasteiger partial charge in [0.1, 0.15) is 11.4 Å². The molecule has 0 radical (unpaired) electrons. The van der Waals surface area contributed by atoms with Gasteiger partial charge in [-0.3, -0.25) is 0 Å². The highest BCUT2D eigenvalue weighted by molar-refractivity contribution is 6.35. The topological polar surface area (TPSA) is 20.2 Å². The summed E-state index contributed by atoms with van der Waals surface area (Å²) in [5, 5.41) is 10.3. The van der Waals surface area contributed by atoms with Crippen molar-refractivity contribution in [1.82, 2.24) is 0 Å². The Morgan fingerprint density at radius 3 is 2.15 bits per heavy atom. The first-order valence-corrected chi connectivity index (χ1v) is 6.32. The molecule has 1 unspecified atom stereocenters. The summed E-state index contributed by atoms with van der Waals surface area (Å²) in [5.41, 5.74) is -1.75. The van der Waals surface area contributed by atoms with Crippen LogP contribution in [0.15, 0.2) is 30.3 Å². The van der Waals surface area contributed by atoms with Crippen LogP contribution in [0, 0.1) is 17.5 Å². The van der Waals surface area contributed by atoms with Crippen molar-refractivity contribution in [1.29, 1.82) is 0 Å². The summed E-state index contributed by atoms with van der Waals surface area (Å²) < 4.78 is 39.7. The molecule has 106 valence electrons. The van der Waals surface area contributed by atoms with Crippen molar-refractivity contribution in [3.8, 4) is 0 Å². The highest BCUT2D eigenvalue weighted by Crippen LogP contribution is 2.36. The molecule has 2 aromatic rings. The van der Waals surface area contributed by atoms with Crippen LogP contribution >= 0.6 is 23.2 Å². The second-order valence-electron chi connectivity index (χ2n) is 4.45. The van der Waals surface area contributed by atoms with E-state index in [0.29, 0.717) is 0 Å². The van der Waals surface area contributed by atoms with Gasteiger partial charge >= 0.3 is 0 Å². The van der Waals surface area contributed by atoms with Gasteiger partial charge in [0.15, 0.2) is 11.6 Å². The first kappa shape index (κ1) is 15.2. The summed E-state index contributed by atoms with van der Waals surface area (Å²) in [7, 11) is 0. The Bertz CT molecular complexity index is 672. The maximum absolute atomic E-state index is 13.5. The molecule has 1 atom stereocenters. The third-order valence-electron chi connectivity index (χ3n) is 3.02. The maximum Gasteiger partial charge on any atom is 0.159 e. The zero-order valence-corrected chi connectivity index (χ0v) is 11.7. The molecule has 2 rings (SSSR count). The minimum Gasteiger partial charge on any atom is -0.381 e. The van der Waals surface area contributed by atoms with Crippen LogP contribution in [0.1, 0.15) is 18.1 Å². The molecule has 0 aliphatic carbocycles. The number of halogens is 5. The highest BCUT2D eigenvalue weighted by Gasteiger charge is 2.30. The van der Waals surface area contributed by atoms with Gasteiger partial charge in [0.25, 0.3) is 0 Å². The third-order valence-corrected chi connectivity index (χ3v) is 3.62. The summed E-state index contributed by atoms with van der Waals surface area (Å²) >= 11 is 11.5. The molecule has 0 aliphatic rings. The van der Waals surface area contributed by atoms with Gasteiger partial charge in [0.2, 0.25) is 0 Å². The fourth-order valence-electron chi connectivity index (χ4n) is 1.85. The lowest BCUT2D eigenvalue weighted by molar-refractivity contribution is 0.101. The first-order valence-electron chi connectivity index (χ1n) is 5.56. The minimum absolute atomic E-state index is 0.00655. The summed E-state index contributed by atoms with van der Waals surface area (Å²) in [5.74, 6) is -2.93. The molecule has 0 fully saturated rings. The molecule has 6 heteroatoms. The summed E-state index contributed by atoms with van der Waals surface area (Å²) in [6.45, 7) is 1.30. The molecule has 1 N–H and O–H groups in total. The van der Waals surface area contributed by atoms with E-state index in [-0.39, 0.29) is 21.2 Å². The molecule has 0 aromatic heterocycles. The Labute approximate surface area is 123 Å². The SMILES string of the molecule is CC(O)(c1ccc(F)c(F)c1)c1cc(F)c(Cl)cc1Cl. The van der Waals surface area contributed by atoms with E-state index in [1.54, 1.807) is 0 Å². The lowest BCUT2D eigenvalue weighted by Gasteiger charge is -2.26. The zero-order chi connectivity index (χ0) is 15.1. The average Bonchev–Trinajstić information content (AvgIpc) is 2.36. The van der Waals surface area contributed by atoms with Crippen molar-refractivity contribution in [3.63, 3.8) is 0 Å². The Morgan fingerprint density at radius 1 is 0.900 bits per heavy atom. The molecule has 0 saturated carbocycles. The number of hydrogen-bond acceptors (Lipinski definition) is 1. The van der Waals surface area contributed by atoms with Crippen LogP contribution in [-0.4, -0.2) is 5.11 Å². The maximum atomic E-state index is 13.5. The quantitative estimate of drug-likeness (QED) is 0.797. The zero-order valence-electron chi connectivity index (χ0n) is 10.2. The lowest BCUT2D eigenvalue weighted by atomic mass is 9.88. The molecule has 0 spiro atoms. The number of rotatable bonds is 2. The molecule has 0 heterocycles. The molecule has 20 heavy (non-hydrogen) atoms. The van der Waals surface area contributed by atoms with Crippen LogP contribution in [0.4, 0.5) is 13.2 Å². The normalized spacial score (nSPS) is 14.2. The molecule has 0 saturated heterocycles. The van der Waals surface area contributed by atoms with Crippen LogP contribution in [0.5, 0.6) is 0 Å². The Morgan fingerprint density at radius 2 is 1.55 bits per heavy atom. The highest BCUT2D eigenvalue weighted by atomic mass is 35.5. The van der Waals surface area contributed by atoms with E-state index in [1.807, 2.05) is 0 Å². The standard InChI is InChI=1S/C14H9Cl2F3O/c1-14(20,7-2-3-11(17)13(19)4-7)8-5-12(18)10(16)6-9(8)15/h2-6,20H,1H3. The van der Waals surface area contributed by atoms with Crippen LogP contribution in [-0.2, 0) is 5.60 Å². The van der Waals surface area contributed by atoms with Crippen LogP contribution < -0.4 is 0 Å². The Kier molecular flexibility index (Phi) is 4.00. The Balaban J connectivity index is 2.59. The second kappa shape index (κ2) is 5.28. The number of benzene rings is 2. The van der Waals surface area contributed by atoms with Gasteiger partial charge in [-0.25, -0.2) is 13.2 Å². The van der Waals surface area contributed by atoms with E-state index >= 15 is 0 Å². The monoisotopic (exact) mass is 320 g/mol. The predicted molar refractivity (Wildman–Crippen MR) is 71.5 cm³/mol. The van der Waals surface area contributed by atoms with E-state index in [2.05, 4.69) is 0 Å². The smallest absolute Gasteiger partial charge is 0.159 e.